The third kappa shape index (κ3) is 2.88. The average molecular weight is 265 g/mol. The smallest absolute Gasteiger partial charge is 0.254 e. The van der Waals surface area contributed by atoms with E-state index in [1.165, 1.54) is 25.7 Å². The molecule has 1 N–H and O–H groups in total. The molecule has 19 heavy (non-hydrogen) atoms. The molecule has 1 aliphatic carbocycles. The van der Waals surface area contributed by atoms with Crippen molar-refractivity contribution in [3.8, 4) is 5.75 Å². The van der Waals surface area contributed by atoms with Gasteiger partial charge in [0.15, 0.2) is 0 Å². The number of ether oxygens (including phenoxy) is 1. The van der Waals surface area contributed by atoms with Gasteiger partial charge < -0.3 is 10.1 Å². The van der Waals surface area contributed by atoms with Crippen molar-refractivity contribution < 1.29 is 13.9 Å². The van der Waals surface area contributed by atoms with Crippen molar-refractivity contribution >= 4 is 5.91 Å². The Balaban J connectivity index is 2.00. The lowest BCUT2D eigenvalue weighted by atomic mass is 9.67. The summed E-state index contributed by atoms with van der Waals surface area (Å²) in [7, 11) is 1.47. The number of carbonyl (C=O) groups is 1. The van der Waals surface area contributed by atoms with E-state index in [9.17, 15) is 9.18 Å². The fourth-order valence-corrected chi connectivity index (χ4v) is 2.50. The van der Waals surface area contributed by atoms with Crippen LogP contribution in [0.1, 0.15) is 43.0 Å². The highest BCUT2D eigenvalue weighted by Gasteiger charge is 2.35. The van der Waals surface area contributed by atoms with E-state index in [1.807, 2.05) is 0 Å². The number of hydrogen-bond donors (Lipinski definition) is 1. The van der Waals surface area contributed by atoms with Gasteiger partial charge in [-0.25, -0.2) is 4.39 Å². The number of nitrogens with one attached hydrogen (secondary N) is 1. The molecule has 104 valence electrons. The van der Waals surface area contributed by atoms with Gasteiger partial charge in [-0.05, 0) is 36.8 Å². The van der Waals surface area contributed by atoms with E-state index in [2.05, 4.69) is 12.2 Å². The topological polar surface area (TPSA) is 38.3 Å². The summed E-state index contributed by atoms with van der Waals surface area (Å²) in [5, 5.41) is 2.85. The number of methoxy groups -OCH3 is 1. The Kier molecular flexibility index (Phi) is 4.08. The first kappa shape index (κ1) is 13.8. The summed E-state index contributed by atoms with van der Waals surface area (Å²) in [5.74, 6) is -0.478. The fourth-order valence-electron chi connectivity index (χ4n) is 2.50. The Morgan fingerprint density at radius 3 is 2.68 bits per heavy atom. The maximum absolute atomic E-state index is 13.7. The highest BCUT2D eigenvalue weighted by molar-refractivity contribution is 5.94. The molecule has 4 heteroatoms. The van der Waals surface area contributed by atoms with Gasteiger partial charge in [-0.1, -0.05) is 13.3 Å². The van der Waals surface area contributed by atoms with Crippen LogP contribution in [0.25, 0.3) is 0 Å². The van der Waals surface area contributed by atoms with Crippen LogP contribution in [0.2, 0.25) is 0 Å². The monoisotopic (exact) mass is 265 g/mol. The third-order valence-corrected chi connectivity index (χ3v) is 4.21. The van der Waals surface area contributed by atoms with Gasteiger partial charge in [-0.2, -0.15) is 0 Å². The average Bonchev–Trinajstić information content (AvgIpc) is 2.37. The SMILES string of the molecule is CCC1(CNC(=O)c2ccc(OC)cc2F)CCC1. The van der Waals surface area contributed by atoms with E-state index in [0.717, 1.165) is 19.3 Å². The standard InChI is InChI=1S/C15H20FNO2/c1-3-15(7-4-8-15)10-17-14(18)12-6-5-11(19-2)9-13(12)16/h5-6,9H,3-4,7-8,10H2,1-2H3,(H,17,18). The molecule has 1 aromatic rings. The maximum atomic E-state index is 13.7. The summed E-state index contributed by atoms with van der Waals surface area (Å²) in [6.45, 7) is 2.77. The van der Waals surface area contributed by atoms with E-state index < -0.39 is 5.82 Å². The van der Waals surface area contributed by atoms with E-state index in [4.69, 9.17) is 4.74 Å². The Morgan fingerprint density at radius 1 is 1.47 bits per heavy atom. The van der Waals surface area contributed by atoms with Gasteiger partial charge in [0.05, 0.1) is 12.7 Å². The van der Waals surface area contributed by atoms with Gasteiger partial charge in [0.2, 0.25) is 0 Å². The van der Waals surface area contributed by atoms with Gasteiger partial charge in [-0.15, -0.1) is 0 Å². The van der Waals surface area contributed by atoms with Crippen molar-refractivity contribution in [1.82, 2.24) is 5.32 Å². The van der Waals surface area contributed by atoms with Gasteiger partial charge in [0, 0.05) is 12.6 Å². The highest BCUT2D eigenvalue weighted by Crippen LogP contribution is 2.43. The normalized spacial score (nSPS) is 16.6. The Hall–Kier alpha value is -1.58. The fraction of sp³-hybridized carbons (Fsp3) is 0.533. The molecule has 1 fully saturated rings. The lowest BCUT2D eigenvalue weighted by molar-refractivity contribution is 0.0846. The first-order chi connectivity index (χ1) is 9.10. The summed E-state index contributed by atoms with van der Waals surface area (Å²) in [6.07, 6.45) is 4.57. The summed E-state index contributed by atoms with van der Waals surface area (Å²) < 4.78 is 18.7. The van der Waals surface area contributed by atoms with Gasteiger partial charge in [0.25, 0.3) is 5.91 Å². The molecule has 0 bridgehead atoms. The molecular formula is C15H20FNO2. The second-order valence-electron chi connectivity index (χ2n) is 5.24. The molecule has 0 unspecified atom stereocenters. The molecule has 0 aromatic heterocycles. The van der Waals surface area contributed by atoms with Crippen molar-refractivity contribution in [2.75, 3.05) is 13.7 Å². The van der Waals surface area contributed by atoms with E-state index >= 15 is 0 Å². The molecule has 3 nitrogen and oxygen atoms in total. The molecule has 2 rings (SSSR count). The number of carbonyl (C=O) groups excluding carboxylic acids is 1. The maximum Gasteiger partial charge on any atom is 0.254 e. The summed E-state index contributed by atoms with van der Waals surface area (Å²) in [6, 6.07) is 4.29. The Morgan fingerprint density at radius 2 is 2.21 bits per heavy atom. The molecule has 0 heterocycles. The summed E-state index contributed by atoms with van der Waals surface area (Å²) in [5.41, 5.74) is 0.310. The molecular weight excluding hydrogens is 245 g/mol. The molecule has 1 aliphatic rings. The minimum absolute atomic E-state index is 0.0753. The van der Waals surface area contributed by atoms with Crippen LogP contribution in [0, 0.1) is 11.2 Å². The molecule has 0 spiro atoms. The lowest BCUT2D eigenvalue weighted by Crippen LogP contribution is -2.41. The molecule has 0 saturated heterocycles. The molecule has 1 aromatic carbocycles. The molecule has 1 saturated carbocycles. The van der Waals surface area contributed by atoms with Crippen molar-refractivity contribution in [2.24, 2.45) is 5.41 Å². The highest BCUT2D eigenvalue weighted by atomic mass is 19.1. The minimum atomic E-state index is -0.545. The molecule has 0 aliphatic heterocycles. The minimum Gasteiger partial charge on any atom is -0.497 e. The predicted molar refractivity (Wildman–Crippen MR) is 71.9 cm³/mol. The van der Waals surface area contributed by atoms with E-state index in [1.54, 1.807) is 6.07 Å². The van der Waals surface area contributed by atoms with Crippen LogP contribution < -0.4 is 10.1 Å². The summed E-state index contributed by atoms with van der Waals surface area (Å²) in [4.78, 5) is 12.0. The number of hydrogen-bond acceptors (Lipinski definition) is 2. The number of rotatable bonds is 5. The van der Waals surface area contributed by atoms with E-state index in [-0.39, 0.29) is 16.9 Å². The summed E-state index contributed by atoms with van der Waals surface area (Å²) >= 11 is 0. The van der Waals surface area contributed by atoms with Gasteiger partial charge in [-0.3, -0.25) is 4.79 Å². The molecule has 0 radical (unpaired) electrons. The van der Waals surface area contributed by atoms with Gasteiger partial charge >= 0.3 is 0 Å². The van der Waals surface area contributed by atoms with Crippen LogP contribution in [-0.2, 0) is 0 Å². The van der Waals surface area contributed by atoms with Crippen LogP contribution >= 0.6 is 0 Å². The first-order valence-corrected chi connectivity index (χ1v) is 6.72. The Bertz CT molecular complexity index is 464. The van der Waals surface area contributed by atoms with Crippen LogP contribution in [0.15, 0.2) is 18.2 Å². The molecule has 0 atom stereocenters. The number of halogens is 1. The van der Waals surface area contributed by atoms with Crippen molar-refractivity contribution in [3.05, 3.63) is 29.6 Å². The zero-order chi connectivity index (χ0) is 13.9. The van der Waals surface area contributed by atoms with Crippen LogP contribution in [-0.4, -0.2) is 19.6 Å². The third-order valence-electron chi connectivity index (χ3n) is 4.21. The van der Waals surface area contributed by atoms with Crippen LogP contribution in [0.4, 0.5) is 4.39 Å². The van der Waals surface area contributed by atoms with Crippen LogP contribution in [0.3, 0.4) is 0 Å². The first-order valence-electron chi connectivity index (χ1n) is 6.72. The van der Waals surface area contributed by atoms with Crippen molar-refractivity contribution in [1.29, 1.82) is 0 Å². The zero-order valence-corrected chi connectivity index (χ0v) is 11.5. The second kappa shape index (κ2) is 5.59. The largest absolute Gasteiger partial charge is 0.497 e. The number of amides is 1. The Labute approximate surface area is 113 Å². The van der Waals surface area contributed by atoms with Crippen molar-refractivity contribution in [2.45, 2.75) is 32.6 Å². The lowest BCUT2D eigenvalue weighted by Gasteiger charge is -2.41. The zero-order valence-electron chi connectivity index (χ0n) is 11.5. The van der Waals surface area contributed by atoms with Crippen LogP contribution in [0.5, 0.6) is 5.75 Å². The van der Waals surface area contributed by atoms with Crippen molar-refractivity contribution in [3.63, 3.8) is 0 Å². The number of benzene rings is 1. The van der Waals surface area contributed by atoms with Gasteiger partial charge in [0.1, 0.15) is 11.6 Å². The quantitative estimate of drug-likeness (QED) is 0.888. The second-order valence-corrected chi connectivity index (χ2v) is 5.24. The van der Waals surface area contributed by atoms with E-state index in [0.29, 0.717) is 12.3 Å². The predicted octanol–water partition coefficient (Wildman–Crippen LogP) is 3.14. The molecule has 1 amide bonds.